The first-order valence-corrected chi connectivity index (χ1v) is 7.59. The second-order valence-electron chi connectivity index (χ2n) is 4.47. The number of carboxylic acid groups (broad SMARTS) is 1. The second kappa shape index (κ2) is 5.96. The summed E-state index contributed by atoms with van der Waals surface area (Å²) in [5.41, 5.74) is -1.04. The number of sulfonamides is 1. The molecule has 1 heterocycles. The van der Waals surface area contributed by atoms with E-state index in [0.29, 0.717) is 13.2 Å². The summed E-state index contributed by atoms with van der Waals surface area (Å²) in [6, 6.07) is 0. The predicted octanol–water partition coefficient (Wildman–Crippen LogP) is -0.899. The van der Waals surface area contributed by atoms with Crippen LogP contribution in [0.3, 0.4) is 0 Å². The zero-order valence-corrected chi connectivity index (χ0v) is 11.5. The number of piperidine rings is 1. The molecule has 0 saturated carbocycles. The van der Waals surface area contributed by atoms with E-state index in [1.54, 1.807) is 7.11 Å². The Labute approximate surface area is 107 Å². The van der Waals surface area contributed by atoms with E-state index in [1.165, 1.54) is 4.31 Å². The van der Waals surface area contributed by atoms with Crippen LogP contribution in [0.1, 0.15) is 12.8 Å². The van der Waals surface area contributed by atoms with Crippen molar-refractivity contribution in [2.45, 2.75) is 18.4 Å². The van der Waals surface area contributed by atoms with Gasteiger partial charge in [0.05, 0.1) is 12.9 Å². The molecule has 1 aliphatic heterocycles. The molecule has 0 radical (unpaired) electrons. The first kappa shape index (κ1) is 15.4. The van der Waals surface area contributed by atoms with Crippen molar-refractivity contribution in [2.75, 3.05) is 39.6 Å². The number of hydrogen-bond acceptors (Lipinski definition) is 5. The second-order valence-corrected chi connectivity index (χ2v) is 6.45. The van der Waals surface area contributed by atoms with Crippen LogP contribution in [-0.4, -0.2) is 68.9 Å². The van der Waals surface area contributed by atoms with E-state index in [4.69, 9.17) is 4.74 Å². The van der Waals surface area contributed by atoms with Gasteiger partial charge in [-0.25, -0.2) is 12.7 Å². The van der Waals surface area contributed by atoms with E-state index in [9.17, 15) is 18.3 Å². The number of rotatable bonds is 6. The van der Waals surface area contributed by atoms with Crippen LogP contribution in [0.2, 0.25) is 0 Å². The van der Waals surface area contributed by atoms with Gasteiger partial charge in [-0.2, -0.15) is 0 Å². The summed E-state index contributed by atoms with van der Waals surface area (Å²) in [4.78, 5) is 11.4. The lowest BCUT2D eigenvalue weighted by Gasteiger charge is -2.38. The van der Waals surface area contributed by atoms with Crippen LogP contribution in [0.15, 0.2) is 0 Å². The van der Waals surface area contributed by atoms with Gasteiger partial charge in [-0.05, 0) is 12.8 Å². The van der Waals surface area contributed by atoms with E-state index >= 15 is 0 Å². The van der Waals surface area contributed by atoms with Crippen molar-refractivity contribution < 1.29 is 23.1 Å². The molecule has 0 unspecified atom stereocenters. The van der Waals surface area contributed by atoms with Gasteiger partial charge in [0.15, 0.2) is 0 Å². The summed E-state index contributed by atoms with van der Waals surface area (Å²) in [7, 11) is -1.70. The number of nitrogens with one attached hydrogen (secondary N) is 1. The standard InChI is InChI=1S/C10H20N2O5S/c1-17-8-5-11-10(9(13)14)3-6-12(7-4-10)18(2,15)16/h11H,3-8H2,1-2H3,(H,13,14). The Balaban J connectivity index is 2.65. The third-order valence-electron chi connectivity index (χ3n) is 3.22. The molecule has 0 aromatic rings. The zero-order valence-electron chi connectivity index (χ0n) is 10.7. The van der Waals surface area contributed by atoms with Crippen molar-refractivity contribution >= 4 is 16.0 Å². The van der Waals surface area contributed by atoms with Gasteiger partial charge in [0.1, 0.15) is 5.54 Å². The molecule has 0 aromatic carbocycles. The molecule has 0 aliphatic carbocycles. The lowest BCUT2D eigenvalue weighted by atomic mass is 9.88. The minimum absolute atomic E-state index is 0.227. The maximum Gasteiger partial charge on any atom is 0.324 e. The highest BCUT2D eigenvalue weighted by molar-refractivity contribution is 7.88. The van der Waals surface area contributed by atoms with Crippen LogP contribution in [0, 0.1) is 0 Å². The van der Waals surface area contributed by atoms with Crippen molar-refractivity contribution in [2.24, 2.45) is 0 Å². The summed E-state index contributed by atoms with van der Waals surface area (Å²) in [5, 5.41) is 12.3. The summed E-state index contributed by atoms with van der Waals surface area (Å²) in [6.45, 7) is 1.31. The number of aliphatic carboxylic acids is 1. The number of ether oxygens (including phenoxy) is 1. The van der Waals surface area contributed by atoms with E-state index in [0.717, 1.165) is 6.26 Å². The van der Waals surface area contributed by atoms with Gasteiger partial charge < -0.3 is 9.84 Å². The average molecular weight is 280 g/mol. The Morgan fingerprint density at radius 1 is 1.44 bits per heavy atom. The molecule has 106 valence electrons. The first-order valence-electron chi connectivity index (χ1n) is 5.74. The fourth-order valence-electron chi connectivity index (χ4n) is 2.06. The zero-order chi connectivity index (χ0) is 13.8. The Bertz CT molecular complexity index is 387. The molecule has 7 nitrogen and oxygen atoms in total. The molecule has 0 amide bonds. The quantitative estimate of drug-likeness (QED) is 0.612. The van der Waals surface area contributed by atoms with Gasteiger partial charge in [-0.3, -0.25) is 10.1 Å². The Kier molecular flexibility index (Phi) is 5.09. The van der Waals surface area contributed by atoms with Gasteiger partial charge in [0.25, 0.3) is 0 Å². The molecule has 1 aliphatic rings. The minimum Gasteiger partial charge on any atom is -0.480 e. The smallest absolute Gasteiger partial charge is 0.324 e. The summed E-state index contributed by atoms with van der Waals surface area (Å²) < 4.78 is 28.9. The molecule has 1 saturated heterocycles. The molecule has 0 atom stereocenters. The van der Waals surface area contributed by atoms with E-state index in [1.807, 2.05) is 0 Å². The number of methoxy groups -OCH3 is 1. The fraction of sp³-hybridized carbons (Fsp3) is 0.900. The largest absolute Gasteiger partial charge is 0.480 e. The van der Waals surface area contributed by atoms with Gasteiger partial charge in [0, 0.05) is 26.7 Å². The number of carboxylic acids is 1. The molecular weight excluding hydrogens is 260 g/mol. The van der Waals surface area contributed by atoms with Crippen LogP contribution < -0.4 is 5.32 Å². The SMILES string of the molecule is COCCNC1(C(=O)O)CCN(S(C)(=O)=O)CC1. The van der Waals surface area contributed by atoms with Crippen LogP contribution >= 0.6 is 0 Å². The highest BCUT2D eigenvalue weighted by Crippen LogP contribution is 2.24. The Hall–Kier alpha value is -0.700. The maximum atomic E-state index is 11.4. The predicted molar refractivity (Wildman–Crippen MR) is 65.9 cm³/mol. The normalized spacial score (nSPS) is 20.8. The monoisotopic (exact) mass is 280 g/mol. The summed E-state index contributed by atoms with van der Waals surface area (Å²) >= 11 is 0. The topological polar surface area (TPSA) is 95.9 Å². The molecule has 1 rings (SSSR count). The molecule has 18 heavy (non-hydrogen) atoms. The molecule has 8 heteroatoms. The van der Waals surface area contributed by atoms with Gasteiger partial charge in [0.2, 0.25) is 10.0 Å². The van der Waals surface area contributed by atoms with Crippen LogP contribution in [0.5, 0.6) is 0 Å². The van der Waals surface area contributed by atoms with Crippen molar-refractivity contribution in [3.63, 3.8) is 0 Å². The average Bonchev–Trinajstić information content (AvgIpc) is 2.28. The number of nitrogens with zero attached hydrogens (tertiary/aromatic N) is 1. The fourth-order valence-corrected chi connectivity index (χ4v) is 2.90. The van der Waals surface area contributed by atoms with Crippen molar-refractivity contribution in [1.82, 2.24) is 9.62 Å². The lowest BCUT2D eigenvalue weighted by Crippen LogP contribution is -2.59. The van der Waals surface area contributed by atoms with Crippen molar-refractivity contribution in [3.8, 4) is 0 Å². The van der Waals surface area contributed by atoms with Crippen LogP contribution in [0.25, 0.3) is 0 Å². The molecule has 0 aromatic heterocycles. The van der Waals surface area contributed by atoms with Gasteiger partial charge in [-0.15, -0.1) is 0 Å². The summed E-state index contributed by atoms with van der Waals surface area (Å²) in [6.07, 6.45) is 1.66. The number of hydrogen-bond donors (Lipinski definition) is 2. The molecule has 0 spiro atoms. The molecular formula is C10H20N2O5S. The summed E-state index contributed by atoms with van der Waals surface area (Å²) in [5.74, 6) is -0.938. The van der Waals surface area contributed by atoms with Crippen molar-refractivity contribution in [3.05, 3.63) is 0 Å². The van der Waals surface area contributed by atoms with Gasteiger partial charge in [-0.1, -0.05) is 0 Å². The Morgan fingerprint density at radius 3 is 2.39 bits per heavy atom. The van der Waals surface area contributed by atoms with Crippen LogP contribution in [-0.2, 0) is 19.6 Å². The van der Waals surface area contributed by atoms with E-state index < -0.39 is 21.5 Å². The van der Waals surface area contributed by atoms with Gasteiger partial charge >= 0.3 is 5.97 Å². The molecule has 1 fully saturated rings. The molecule has 2 N–H and O–H groups in total. The Morgan fingerprint density at radius 2 is 2.00 bits per heavy atom. The highest BCUT2D eigenvalue weighted by atomic mass is 32.2. The first-order chi connectivity index (χ1) is 8.32. The van der Waals surface area contributed by atoms with Crippen LogP contribution in [0.4, 0.5) is 0 Å². The lowest BCUT2D eigenvalue weighted by molar-refractivity contribution is -0.146. The van der Waals surface area contributed by atoms with E-state index in [-0.39, 0.29) is 25.9 Å². The third kappa shape index (κ3) is 3.64. The highest BCUT2D eigenvalue weighted by Gasteiger charge is 2.42. The maximum absolute atomic E-state index is 11.4. The number of carbonyl (C=O) groups is 1. The minimum atomic E-state index is -3.24. The third-order valence-corrected chi connectivity index (χ3v) is 4.53. The van der Waals surface area contributed by atoms with E-state index in [2.05, 4.69) is 5.32 Å². The van der Waals surface area contributed by atoms with Crippen molar-refractivity contribution in [1.29, 1.82) is 0 Å². The molecule has 0 bridgehead atoms.